The summed E-state index contributed by atoms with van der Waals surface area (Å²) in [5.74, 6) is -1.83. The summed E-state index contributed by atoms with van der Waals surface area (Å²) in [7, 11) is -4.08. The van der Waals surface area contributed by atoms with Gasteiger partial charge in [-0.3, -0.25) is 4.72 Å². The maximum absolute atomic E-state index is 13.5. The summed E-state index contributed by atoms with van der Waals surface area (Å²) < 4.78 is 52.9. The van der Waals surface area contributed by atoms with Crippen LogP contribution in [0.25, 0.3) is 0 Å². The van der Waals surface area contributed by atoms with E-state index in [9.17, 15) is 17.2 Å². The van der Waals surface area contributed by atoms with E-state index >= 15 is 0 Å². The van der Waals surface area contributed by atoms with Crippen molar-refractivity contribution >= 4 is 15.7 Å². The number of halogens is 2. The smallest absolute Gasteiger partial charge is 0.262 e. The summed E-state index contributed by atoms with van der Waals surface area (Å²) in [5, 5.41) is 8.82. The number of anilines is 1. The molecule has 0 aliphatic carbocycles. The molecule has 0 aromatic heterocycles. The predicted octanol–water partition coefficient (Wildman–Crippen LogP) is 2.95. The molecule has 0 bridgehead atoms. The van der Waals surface area contributed by atoms with Crippen LogP contribution in [0.15, 0.2) is 41.3 Å². The summed E-state index contributed by atoms with van der Waals surface area (Å²) >= 11 is 0. The van der Waals surface area contributed by atoms with Crippen LogP contribution >= 0.6 is 0 Å². The van der Waals surface area contributed by atoms with Crippen molar-refractivity contribution in [1.29, 1.82) is 5.26 Å². The minimum atomic E-state index is -4.08. The quantitative estimate of drug-likeness (QED) is 0.947. The van der Waals surface area contributed by atoms with E-state index in [-0.39, 0.29) is 16.1 Å². The van der Waals surface area contributed by atoms with E-state index in [0.29, 0.717) is 11.6 Å². The largest absolute Gasteiger partial charge is 0.277 e. The normalized spacial score (nSPS) is 11.0. The Morgan fingerprint density at radius 3 is 2.48 bits per heavy atom. The van der Waals surface area contributed by atoms with Crippen molar-refractivity contribution in [3.8, 4) is 6.07 Å². The fraction of sp³-hybridized carbons (Fsp3) is 0.0714. The predicted molar refractivity (Wildman–Crippen MR) is 73.1 cm³/mol. The lowest BCUT2D eigenvalue weighted by Gasteiger charge is -2.11. The summed E-state index contributed by atoms with van der Waals surface area (Å²) in [4.78, 5) is -0.134. The Morgan fingerprint density at radius 1 is 1.14 bits per heavy atom. The Morgan fingerprint density at radius 2 is 1.86 bits per heavy atom. The standard InChI is InChI=1S/C14H10F2N2O2S/c1-9-2-3-10(8-17)6-14(9)21(19,20)18-13-5-4-11(15)7-12(13)16/h2-7,18H,1H3. The SMILES string of the molecule is Cc1ccc(C#N)cc1S(=O)(=O)Nc1ccc(F)cc1F. The maximum atomic E-state index is 13.5. The van der Waals surface area contributed by atoms with Gasteiger partial charge in [0.05, 0.1) is 22.2 Å². The van der Waals surface area contributed by atoms with Crippen molar-refractivity contribution in [3.63, 3.8) is 0 Å². The molecular formula is C14H10F2N2O2S. The summed E-state index contributed by atoms with van der Waals surface area (Å²) in [6, 6.07) is 8.50. The fourth-order valence-corrected chi connectivity index (χ4v) is 3.07. The van der Waals surface area contributed by atoms with Crippen molar-refractivity contribution in [2.24, 2.45) is 0 Å². The molecule has 0 fully saturated rings. The number of nitriles is 1. The molecule has 2 rings (SSSR count). The second kappa shape index (κ2) is 5.50. The highest BCUT2D eigenvalue weighted by molar-refractivity contribution is 7.92. The molecule has 0 heterocycles. The van der Waals surface area contributed by atoms with Crippen molar-refractivity contribution in [2.75, 3.05) is 4.72 Å². The first-order valence-corrected chi connectivity index (χ1v) is 7.30. The highest BCUT2D eigenvalue weighted by atomic mass is 32.2. The van der Waals surface area contributed by atoms with Gasteiger partial charge in [-0.05, 0) is 36.8 Å². The van der Waals surface area contributed by atoms with E-state index in [1.165, 1.54) is 18.2 Å². The molecule has 1 N–H and O–H groups in total. The molecule has 21 heavy (non-hydrogen) atoms. The molecule has 0 amide bonds. The van der Waals surface area contributed by atoms with E-state index in [1.54, 1.807) is 6.92 Å². The average molecular weight is 308 g/mol. The molecule has 4 nitrogen and oxygen atoms in total. The molecule has 108 valence electrons. The highest BCUT2D eigenvalue weighted by Crippen LogP contribution is 2.22. The third-order valence-corrected chi connectivity index (χ3v) is 4.29. The molecule has 0 spiro atoms. The van der Waals surface area contributed by atoms with Crippen molar-refractivity contribution in [1.82, 2.24) is 0 Å². The van der Waals surface area contributed by atoms with Crippen LogP contribution in [-0.2, 0) is 10.0 Å². The van der Waals surface area contributed by atoms with Crippen LogP contribution in [0.4, 0.5) is 14.5 Å². The number of sulfonamides is 1. The third kappa shape index (κ3) is 3.17. The lowest BCUT2D eigenvalue weighted by molar-refractivity contribution is 0.582. The topological polar surface area (TPSA) is 70.0 Å². The second-order valence-electron chi connectivity index (χ2n) is 4.32. The van der Waals surface area contributed by atoms with Crippen LogP contribution in [0.5, 0.6) is 0 Å². The summed E-state index contributed by atoms with van der Waals surface area (Å²) in [6.07, 6.45) is 0. The van der Waals surface area contributed by atoms with E-state index in [2.05, 4.69) is 0 Å². The van der Waals surface area contributed by atoms with Crippen LogP contribution in [0, 0.1) is 29.9 Å². The Kier molecular flexibility index (Phi) is 3.91. The molecule has 0 aliphatic heterocycles. The Bertz CT molecular complexity index is 843. The van der Waals surface area contributed by atoms with Gasteiger partial charge in [-0.25, -0.2) is 17.2 Å². The van der Waals surface area contributed by atoms with Crippen LogP contribution in [0.1, 0.15) is 11.1 Å². The van der Waals surface area contributed by atoms with Crippen LogP contribution in [0.2, 0.25) is 0 Å². The third-order valence-electron chi connectivity index (χ3n) is 2.78. The number of hydrogen-bond donors (Lipinski definition) is 1. The van der Waals surface area contributed by atoms with Gasteiger partial charge in [0.2, 0.25) is 0 Å². The summed E-state index contributed by atoms with van der Waals surface area (Å²) in [6.45, 7) is 1.55. The lowest BCUT2D eigenvalue weighted by atomic mass is 10.2. The first-order valence-electron chi connectivity index (χ1n) is 5.82. The molecule has 0 saturated heterocycles. The van der Waals surface area contributed by atoms with Gasteiger partial charge in [0.25, 0.3) is 10.0 Å². The Labute approximate surface area is 120 Å². The zero-order valence-electron chi connectivity index (χ0n) is 10.9. The molecule has 2 aromatic rings. The van der Waals surface area contributed by atoms with Crippen molar-refractivity contribution in [3.05, 3.63) is 59.2 Å². The van der Waals surface area contributed by atoms with E-state index in [0.717, 1.165) is 12.1 Å². The number of rotatable bonds is 3. The zero-order chi connectivity index (χ0) is 15.6. The highest BCUT2D eigenvalue weighted by Gasteiger charge is 2.19. The molecular weight excluding hydrogens is 298 g/mol. The maximum Gasteiger partial charge on any atom is 0.262 e. The monoisotopic (exact) mass is 308 g/mol. The first kappa shape index (κ1) is 14.9. The number of benzene rings is 2. The number of nitrogens with zero attached hydrogens (tertiary/aromatic N) is 1. The van der Waals surface area contributed by atoms with Crippen LogP contribution < -0.4 is 4.72 Å². The van der Waals surface area contributed by atoms with Gasteiger partial charge >= 0.3 is 0 Å². The first-order chi connectivity index (χ1) is 9.83. The molecule has 0 radical (unpaired) electrons. The lowest BCUT2D eigenvalue weighted by Crippen LogP contribution is -2.15. The van der Waals surface area contributed by atoms with E-state index in [4.69, 9.17) is 5.26 Å². The number of aryl methyl sites for hydroxylation is 1. The molecule has 0 unspecified atom stereocenters. The minimum Gasteiger partial charge on any atom is -0.277 e. The zero-order valence-corrected chi connectivity index (χ0v) is 11.7. The minimum absolute atomic E-state index is 0.134. The molecule has 7 heteroatoms. The van der Waals surface area contributed by atoms with Gasteiger partial charge < -0.3 is 0 Å². The van der Waals surface area contributed by atoms with Crippen LogP contribution in [0.3, 0.4) is 0 Å². The summed E-state index contributed by atoms with van der Waals surface area (Å²) in [5.41, 5.74) is 0.211. The van der Waals surface area contributed by atoms with Crippen LogP contribution in [-0.4, -0.2) is 8.42 Å². The fourth-order valence-electron chi connectivity index (χ4n) is 1.73. The van der Waals surface area contributed by atoms with E-state index < -0.39 is 21.7 Å². The molecule has 0 aliphatic rings. The number of nitrogens with one attached hydrogen (secondary N) is 1. The van der Waals surface area contributed by atoms with Crippen molar-refractivity contribution in [2.45, 2.75) is 11.8 Å². The van der Waals surface area contributed by atoms with Crippen molar-refractivity contribution < 1.29 is 17.2 Å². The Balaban J connectivity index is 2.46. The molecule has 2 aromatic carbocycles. The van der Waals surface area contributed by atoms with Gasteiger partial charge in [-0.2, -0.15) is 5.26 Å². The second-order valence-corrected chi connectivity index (χ2v) is 5.97. The average Bonchev–Trinajstić information content (AvgIpc) is 2.42. The van der Waals surface area contributed by atoms with Gasteiger partial charge in [0.1, 0.15) is 11.6 Å². The van der Waals surface area contributed by atoms with E-state index in [1.807, 2.05) is 10.8 Å². The van der Waals surface area contributed by atoms with Gasteiger partial charge in [-0.1, -0.05) is 6.07 Å². The number of hydrogen-bond acceptors (Lipinski definition) is 3. The van der Waals surface area contributed by atoms with Gasteiger partial charge in [0, 0.05) is 6.07 Å². The molecule has 0 saturated carbocycles. The Hall–Kier alpha value is -2.46. The van der Waals surface area contributed by atoms with Gasteiger partial charge in [-0.15, -0.1) is 0 Å². The van der Waals surface area contributed by atoms with Gasteiger partial charge in [0.15, 0.2) is 0 Å². The molecule has 0 atom stereocenters.